The summed E-state index contributed by atoms with van der Waals surface area (Å²) in [5, 5.41) is 6.06. The molecule has 0 aliphatic carbocycles. The highest BCUT2D eigenvalue weighted by molar-refractivity contribution is 7.14. The molecular formula is C17H18N4OS. The summed E-state index contributed by atoms with van der Waals surface area (Å²) in [5.41, 5.74) is 9.14. The lowest BCUT2D eigenvalue weighted by Crippen LogP contribution is -1.97. The standard InChI is InChI=1S/C15H13N3S.C2H5NO/c1-16-15-18-14(10-19-15)13-4-2-3-12(9-13)11-5-7-17-8-6-11;3-1-2-4/h2-10H,1H3,(H,16,18);2H,1,3H2. The van der Waals surface area contributed by atoms with Crippen LogP contribution in [0.3, 0.4) is 0 Å². The Morgan fingerprint density at radius 3 is 2.48 bits per heavy atom. The van der Waals surface area contributed by atoms with Gasteiger partial charge in [-0.15, -0.1) is 11.3 Å². The van der Waals surface area contributed by atoms with Crippen LogP contribution in [0.5, 0.6) is 0 Å². The molecule has 0 spiro atoms. The molecule has 0 saturated heterocycles. The number of carbonyl (C=O) groups is 1. The molecule has 0 atom stereocenters. The van der Waals surface area contributed by atoms with Gasteiger partial charge in [0, 0.05) is 36.9 Å². The minimum Gasteiger partial charge on any atom is -0.365 e. The van der Waals surface area contributed by atoms with Crippen LogP contribution < -0.4 is 11.1 Å². The first-order chi connectivity index (χ1) is 11.3. The number of nitrogens with one attached hydrogen (secondary N) is 1. The van der Waals surface area contributed by atoms with E-state index in [9.17, 15) is 0 Å². The van der Waals surface area contributed by atoms with Gasteiger partial charge in [-0.05, 0) is 29.3 Å². The zero-order chi connectivity index (χ0) is 16.5. The number of hydrogen-bond acceptors (Lipinski definition) is 6. The molecule has 6 heteroatoms. The van der Waals surface area contributed by atoms with E-state index in [2.05, 4.69) is 50.7 Å². The Kier molecular flexibility index (Phi) is 6.40. The monoisotopic (exact) mass is 326 g/mol. The Balaban J connectivity index is 0.000000433. The van der Waals surface area contributed by atoms with Gasteiger partial charge in [-0.2, -0.15) is 0 Å². The van der Waals surface area contributed by atoms with Crippen LogP contribution >= 0.6 is 11.3 Å². The number of anilines is 1. The Morgan fingerprint density at radius 2 is 1.87 bits per heavy atom. The third kappa shape index (κ3) is 4.70. The van der Waals surface area contributed by atoms with Gasteiger partial charge in [0.15, 0.2) is 5.13 Å². The van der Waals surface area contributed by atoms with Crippen molar-refractivity contribution in [3.8, 4) is 22.4 Å². The fourth-order valence-corrected chi connectivity index (χ4v) is 2.60. The molecule has 3 N–H and O–H groups in total. The Bertz CT molecular complexity index is 743. The van der Waals surface area contributed by atoms with Gasteiger partial charge < -0.3 is 15.8 Å². The van der Waals surface area contributed by atoms with Crippen molar-refractivity contribution in [1.82, 2.24) is 9.97 Å². The van der Waals surface area contributed by atoms with E-state index in [0.29, 0.717) is 6.29 Å². The first kappa shape index (κ1) is 16.8. The largest absolute Gasteiger partial charge is 0.365 e. The van der Waals surface area contributed by atoms with Gasteiger partial charge in [0.25, 0.3) is 0 Å². The van der Waals surface area contributed by atoms with Crippen molar-refractivity contribution in [3.05, 3.63) is 54.2 Å². The minimum absolute atomic E-state index is 0.139. The third-order valence-corrected chi connectivity index (χ3v) is 3.85. The lowest BCUT2D eigenvalue weighted by atomic mass is 10.0. The van der Waals surface area contributed by atoms with Crippen LogP contribution in [-0.4, -0.2) is 29.8 Å². The number of rotatable bonds is 4. The molecule has 1 aromatic carbocycles. The van der Waals surface area contributed by atoms with Crippen molar-refractivity contribution in [2.75, 3.05) is 18.9 Å². The topological polar surface area (TPSA) is 80.9 Å². The molecule has 118 valence electrons. The first-order valence-corrected chi connectivity index (χ1v) is 7.94. The van der Waals surface area contributed by atoms with Gasteiger partial charge in [-0.25, -0.2) is 4.98 Å². The first-order valence-electron chi connectivity index (χ1n) is 7.06. The Labute approximate surface area is 139 Å². The normalized spacial score (nSPS) is 9.65. The third-order valence-electron chi connectivity index (χ3n) is 2.99. The summed E-state index contributed by atoms with van der Waals surface area (Å²) < 4.78 is 0. The molecule has 3 aromatic rings. The van der Waals surface area contributed by atoms with E-state index in [4.69, 9.17) is 4.79 Å². The van der Waals surface area contributed by atoms with Gasteiger partial charge >= 0.3 is 0 Å². The highest BCUT2D eigenvalue weighted by Crippen LogP contribution is 2.28. The SMILES string of the molecule is CNc1nc(-c2cccc(-c3ccncc3)c2)cs1.NCC=O. The maximum absolute atomic E-state index is 9.05. The summed E-state index contributed by atoms with van der Waals surface area (Å²) in [7, 11) is 1.88. The average molecular weight is 326 g/mol. The highest BCUT2D eigenvalue weighted by Gasteiger charge is 2.05. The molecule has 0 saturated carbocycles. The van der Waals surface area contributed by atoms with Gasteiger partial charge in [-0.3, -0.25) is 4.98 Å². The molecule has 0 radical (unpaired) electrons. The van der Waals surface area contributed by atoms with E-state index in [1.807, 2.05) is 31.6 Å². The summed E-state index contributed by atoms with van der Waals surface area (Å²) in [6.07, 6.45) is 4.27. The van der Waals surface area contributed by atoms with Crippen LogP contribution in [0.2, 0.25) is 0 Å². The maximum Gasteiger partial charge on any atom is 0.182 e. The van der Waals surface area contributed by atoms with Crippen LogP contribution in [0.4, 0.5) is 5.13 Å². The van der Waals surface area contributed by atoms with E-state index in [1.54, 1.807) is 11.3 Å². The second-order valence-electron chi connectivity index (χ2n) is 4.51. The number of carbonyl (C=O) groups excluding carboxylic acids is 1. The van der Waals surface area contributed by atoms with Crippen LogP contribution in [0.1, 0.15) is 0 Å². The van der Waals surface area contributed by atoms with Crippen LogP contribution in [0, 0.1) is 0 Å². The molecular weight excluding hydrogens is 308 g/mol. The number of aldehydes is 1. The minimum atomic E-state index is 0.139. The van der Waals surface area contributed by atoms with Crippen molar-refractivity contribution in [3.63, 3.8) is 0 Å². The summed E-state index contributed by atoms with van der Waals surface area (Å²) in [6, 6.07) is 12.4. The van der Waals surface area contributed by atoms with Gasteiger partial charge in [0.05, 0.1) is 5.69 Å². The Hall–Kier alpha value is -2.57. The molecule has 0 fully saturated rings. The Morgan fingerprint density at radius 1 is 1.17 bits per heavy atom. The smallest absolute Gasteiger partial charge is 0.182 e. The van der Waals surface area contributed by atoms with Gasteiger partial charge in [0.1, 0.15) is 6.29 Å². The second-order valence-corrected chi connectivity index (χ2v) is 5.37. The fraction of sp³-hybridized carbons (Fsp3) is 0.118. The number of hydrogen-bond donors (Lipinski definition) is 2. The molecule has 2 aromatic heterocycles. The second kappa shape index (κ2) is 8.77. The van der Waals surface area contributed by atoms with Gasteiger partial charge in [-0.1, -0.05) is 18.2 Å². The van der Waals surface area contributed by atoms with Crippen molar-refractivity contribution >= 4 is 22.8 Å². The molecule has 5 nitrogen and oxygen atoms in total. The highest BCUT2D eigenvalue weighted by atomic mass is 32.1. The van der Waals surface area contributed by atoms with Crippen molar-refractivity contribution in [2.45, 2.75) is 0 Å². The van der Waals surface area contributed by atoms with Crippen molar-refractivity contribution < 1.29 is 4.79 Å². The molecule has 0 unspecified atom stereocenters. The zero-order valence-electron chi connectivity index (χ0n) is 12.8. The van der Waals surface area contributed by atoms with Crippen molar-refractivity contribution in [1.29, 1.82) is 0 Å². The number of nitrogens with zero attached hydrogens (tertiary/aromatic N) is 2. The zero-order valence-corrected chi connectivity index (χ0v) is 13.6. The number of benzene rings is 1. The van der Waals surface area contributed by atoms with Crippen LogP contribution in [0.25, 0.3) is 22.4 Å². The van der Waals surface area contributed by atoms with Gasteiger partial charge in [0.2, 0.25) is 0 Å². The van der Waals surface area contributed by atoms with E-state index in [0.717, 1.165) is 16.4 Å². The lowest BCUT2D eigenvalue weighted by molar-refractivity contribution is -0.106. The van der Waals surface area contributed by atoms with E-state index in [1.165, 1.54) is 11.1 Å². The molecule has 0 amide bonds. The number of aromatic nitrogens is 2. The quantitative estimate of drug-likeness (QED) is 0.720. The number of pyridine rings is 1. The van der Waals surface area contributed by atoms with Crippen LogP contribution in [-0.2, 0) is 4.79 Å². The van der Waals surface area contributed by atoms with E-state index >= 15 is 0 Å². The molecule has 0 bridgehead atoms. The molecule has 23 heavy (non-hydrogen) atoms. The lowest BCUT2D eigenvalue weighted by Gasteiger charge is -2.03. The molecule has 0 aliphatic rings. The summed E-state index contributed by atoms with van der Waals surface area (Å²) in [4.78, 5) is 17.6. The maximum atomic E-state index is 9.05. The fourth-order valence-electron chi connectivity index (χ4n) is 1.92. The molecule has 0 aliphatic heterocycles. The van der Waals surface area contributed by atoms with Crippen molar-refractivity contribution in [2.24, 2.45) is 5.73 Å². The molecule has 3 rings (SSSR count). The predicted molar refractivity (Wildman–Crippen MR) is 95.4 cm³/mol. The molecule has 2 heterocycles. The van der Waals surface area contributed by atoms with E-state index < -0.39 is 0 Å². The number of thiazole rings is 1. The van der Waals surface area contributed by atoms with E-state index in [-0.39, 0.29) is 6.54 Å². The number of nitrogens with two attached hydrogens (primary N) is 1. The van der Waals surface area contributed by atoms with Crippen LogP contribution in [0.15, 0.2) is 54.2 Å². The summed E-state index contributed by atoms with van der Waals surface area (Å²) in [5.74, 6) is 0. The summed E-state index contributed by atoms with van der Waals surface area (Å²) in [6.45, 7) is 0.139. The predicted octanol–water partition coefficient (Wildman–Crippen LogP) is 3.06. The summed E-state index contributed by atoms with van der Waals surface area (Å²) >= 11 is 1.61. The average Bonchev–Trinajstić information content (AvgIpc) is 3.12.